The number of oxazole rings is 1. The van der Waals surface area contributed by atoms with Gasteiger partial charge in [0.05, 0.1) is 0 Å². The molecule has 0 bridgehead atoms. The first-order valence-corrected chi connectivity index (χ1v) is 9.08. The number of nitrogens with zero attached hydrogens (tertiary/aromatic N) is 3. The number of carbonyl (C=O) groups is 1. The number of nitrogens with one attached hydrogen (secondary N) is 1. The quantitative estimate of drug-likeness (QED) is 0.503. The molecule has 1 unspecified atom stereocenters. The van der Waals surface area contributed by atoms with Crippen LogP contribution in [0.2, 0.25) is 0 Å². The molecule has 0 saturated heterocycles. The summed E-state index contributed by atoms with van der Waals surface area (Å²) in [5.74, 6) is 0.317. The molecular weight excluding hydrogens is 391 g/mol. The zero-order valence-corrected chi connectivity index (χ0v) is 15.9. The molecule has 9 heteroatoms. The molecule has 0 saturated carbocycles. The van der Waals surface area contributed by atoms with Gasteiger partial charge in [0.25, 0.3) is 5.91 Å². The Morgan fingerprint density at radius 3 is 2.70 bits per heavy atom. The third-order valence-electron chi connectivity index (χ3n) is 4.32. The summed E-state index contributed by atoms with van der Waals surface area (Å²) in [5, 5.41) is 16.8. The average molecular weight is 408 g/mol. The predicted molar refractivity (Wildman–Crippen MR) is 104 cm³/mol. The number of carbonyl (C=O) groups excluding carboxylic acids is 1. The molecule has 1 amide bonds. The first kappa shape index (κ1) is 19.5. The molecule has 0 spiro atoms. The van der Waals surface area contributed by atoms with Crippen molar-refractivity contribution in [3.05, 3.63) is 77.8 Å². The molecule has 152 valence electrons. The Balaban J connectivity index is 1.40. The summed E-state index contributed by atoms with van der Waals surface area (Å²) in [7, 11) is 0. The number of rotatable bonds is 6. The Bertz CT molecular complexity index is 1170. The second kappa shape index (κ2) is 8.26. The van der Waals surface area contributed by atoms with Gasteiger partial charge in [-0.1, -0.05) is 17.3 Å². The summed E-state index contributed by atoms with van der Waals surface area (Å²) in [5.41, 5.74) is 1.85. The van der Waals surface area contributed by atoms with Crippen LogP contribution in [0.15, 0.2) is 63.7 Å². The Kier molecular flexibility index (Phi) is 5.36. The molecule has 0 aliphatic carbocycles. The molecule has 4 aromatic rings. The van der Waals surface area contributed by atoms with Gasteiger partial charge in [0.15, 0.2) is 0 Å². The molecular formula is C21H17FN4O4. The van der Waals surface area contributed by atoms with E-state index in [1.165, 1.54) is 30.5 Å². The van der Waals surface area contributed by atoms with E-state index in [1.54, 1.807) is 31.2 Å². The van der Waals surface area contributed by atoms with Crippen LogP contribution >= 0.6 is 0 Å². The first-order chi connectivity index (χ1) is 14.5. The minimum atomic E-state index is -1.07. The van der Waals surface area contributed by atoms with E-state index in [1.807, 2.05) is 0 Å². The van der Waals surface area contributed by atoms with E-state index in [-0.39, 0.29) is 29.9 Å². The summed E-state index contributed by atoms with van der Waals surface area (Å²) in [4.78, 5) is 20.8. The highest BCUT2D eigenvalue weighted by atomic mass is 19.1. The van der Waals surface area contributed by atoms with Gasteiger partial charge in [0, 0.05) is 30.2 Å². The predicted octanol–water partition coefficient (Wildman–Crippen LogP) is 3.30. The smallest absolute Gasteiger partial charge is 0.251 e. The zero-order chi connectivity index (χ0) is 21.1. The Morgan fingerprint density at radius 1 is 1.17 bits per heavy atom. The molecule has 2 N–H and O–H groups in total. The van der Waals surface area contributed by atoms with Crippen molar-refractivity contribution in [1.82, 2.24) is 20.4 Å². The van der Waals surface area contributed by atoms with Gasteiger partial charge in [0.2, 0.25) is 17.6 Å². The van der Waals surface area contributed by atoms with Gasteiger partial charge in [-0.05, 0) is 36.4 Å². The Morgan fingerprint density at radius 2 is 1.97 bits per heavy atom. The summed E-state index contributed by atoms with van der Waals surface area (Å²) < 4.78 is 23.3. The van der Waals surface area contributed by atoms with Crippen LogP contribution in [-0.4, -0.2) is 32.7 Å². The standard InChI is InChI=1S/C21H17FN4O4/c1-12-24-19(26-30-12)14-3-2-4-15(9-14)20(28)23-10-18(27)17-11-29-21(25-17)13-5-7-16(22)8-6-13/h2-9,11,18,27H,10H2,1H3,(H,23,28). The van der Waals surface area contributed by atoms with Crippen LogP contribution in [0.1, 0.15) is 28.0 Å². The van der Waals surface area contributed by atoms with Crippen LogP contribution in [0.3, 0.4) is 0 Å². The third kappa shape index (κ3) is 4.26. The summed E-state index contributed by atoms with van der Waals surface area (Å²) in [6, 6.07) is 12.4. The van der Waals surface area contributed by atoms with E-state index >= 15 is 0 Å². The van der Waals surface area contributed by atoms with E-state index in [2.05, 4.69) is 20.4 Å². The van der Waals surface area contributed by atoms with Crippen molar-refractivity contribution in [3.63, 3.8) is 0 Å². The van der Waals surface area contributed by atoms with E-state index < -0.39 is 6.10 Å². The lowest BCUT2D eigenvalue weighted by Gasteiger charge is -2.09. The van der Waals surface area contributed by atoms with E-state index in [0.29, 0.717) is 28.4 Å². The fraction of sp³-hybridized carbons (Fsp3) is 0.143. The largest absolute Gasteiger partial charge is 0.444 e. The molecule has 4 rings (SSSR count). The van der Waals surface area contributed by atoms with Gasteiger partial charge in [0.1, 0.15) is 23.9 Å². The van der Waals surface area contributed by atoms with Crippen molar-refractivity contribution < 1.29 is 23.2 Å². The van der Waals surface area contributed by atoms with Crippen molar-refractivity contribution in [1.29, 1.82) is 0 Å². The fourth-order valence-corrected chi connectivity index (χ4v) is 2.78. The van der Waals surface area contributed by atoms with Gasteiger partial charge < -0.3 is 19.4 Å². The molecule has 30 heavy (non-hydrogen) atoms. The number of halogens is 1. The second-order valence-electron chi connectivity index (χ2n) is 6.53. The van der Waals surface area contributed by atoms with E-state index in [4.69, 9.17) is 8.94 Å². The monoisotopic (exact) mass is 408 g/mol. The maximum absolute atomic E-state index is 13.0. The molecule has 0 fully saturated rings. The second-order valence-corrected chi connectivity index (χ2v) is 6.53. The number of amides is 1. The Labute approximate surface area is 170 Å². The topological polar surface area (TPSA) is 114 Å². The zero-order valence-electron chi connectivity index (χ0n) is 15.9. The number of aromatic nitrogens is 3. The van der Waals surface area contributed by atoms with Gasteiger partial charge in [-0.25, -0.2) is 9.37 Å². The average Bonchev–Trinajstić information content (AvgIpc) is 3.42. The number of hydrogen-bond donors (Lipinski definition) is 2. The third-order valence-corrected chi connectivity index (χ3v) is 4.32. The number of hydrogen-bond acceptors (Lipinski definition) is 7. The van der Waals surface area contributed by atoms with Crippen molar-refractivity contribution in [2.24, 2.45) is 0 Å². The maximum Gasteiger partial charge on any atom is 0.251 e. The van der Waals surface area contributed by atoms with Crippen molar-refractivity contribution >= 4 is 5.91 Å². The van der Waals surface area contributed by atoms with Gasteiger partial charge in [-0.3, -0.25) is 4.79 Å². The molecule has 0 radical (unpaired) electrons. The molecule has 2 aromatic heterocycles. The highest BCUT2D eigenvalue weighted by Crippen LogP contribution is 2.22. The molecule has 1 atom stereocenters. The number of aryl methyl sites for hydroxylation is 1. The van der Waals surface area contributed by atoms with Crippen molar-refractivity contribution in [2.75, 3.05) is 6.54 Å². The van der Waals surface area contributed by atoms with Crippen LogP contribution < -0.4 is 5.32 Å². The highest BCUT2D eigenvalue weighted by molar-refractivity contribution is 5.95. The van der Waals surface area contributed by atoms with Gasteiger partial charge in [-0.2, -0.15) is 4.98 Å². The van der Waals surface area contributed by atoms with Crippen molar-refractivity contribution in [3.8, 4) is 22.8 Å². The normalized spacial score (nSPS) is 12.0. The van der Waals surface area contributed by atoms with E-state index in [0.717, 1.165) is 0 Å². The lowest BCUT2D eigenvalue weighted by molar-refractivity contribution is 0.0914. The summed E-state index contributed by atoms with van der Waals surface area (Å²) in [6.07, 6.45) is 0.226. The number of aliphatic hydroxyl groups excluding tert-OH is 1. The molecule has 2 aromatic carbocycles. The minimum absolute atomic E-state index is 0.0697. The molecule has 2 heterocycles. The minimum Gasteiger partial charge on any atom is -0.444 e. The SMILES string of the molecule is Cc1nc(-c2cccc(C(=O)NCC(O)c3coc(-c4ccc(F)cc4)n3)c2)no1. The summed E-state index contributed by atoms with van der Waals surface area (Å²) >= 11 is 0. The Hall–Kier alpha value is -3.85. The van der Waals surface area contributed by atoms with Gasteiger partial charge in [-0.15, -0.1) is 0 Å². The molecule has 0 aliphatic heterocycles. The molecule has 8 nitrogen and oxygen atoms in total. The fourth-order valence-electron chi connectivity index (χ4n) is 2.78. The van der Waals surface area contributed by atoms with Gasteiger partial charge >= 0.3 is 0 Å². The first-order valence-electron chi connectivity index (χ1n) is 9.08. The van der Waals surface area contributed by atoms with Crippen LogP contribution in [0.4, 0.5) is 4.39 Å². The van der Waals surface area contributed by atoms with Crippen LogP contribution in [0.5, 0.6) is 0 Å². The maximum atomic E-state index is 13.0. The lowest BCUT2D eigenvalue weighted by Crippen LogP contribution is -2.28. The molecule has 0 aliphatic rings. The van der Waals surface area contributed by atoms with Crippen LogP contribution in [-0.2, 0) is 0 Å². The lowest BCUT2D eigenvalue weighted by atomic mass is 10.1. The van der Waals surface area contributed by atoms with Crippen LogP contribution in [0.25, 0.3) is 22.8 Å². The number of benzene rings is 2. The van der Waals surface area contributed by atoms with E-state index in [9.17, 15) is 14.3 Å². The number of aliphatic hydroxyl groups is 1. The van der Waals surface area contributed by atoms with Crippen molar-refractivity contribution in [2.45, 2.75) is 13.0 Å². The van der Waals surface area contributed by atoms with Crippen LogP contribution in [0, 0.1) is 12.7 Å². The highest BCUT2D eigenvalue weighted by Gasteiger charge is 2.17. The summed E-state index contributed by atoms with van der Waals surface area (Å²) in [6.45, 7) is 1.61.